The second-order valence-electron chi connectivity index (χ2n) is 25.1. The molecule has 11 atom stereocenters. The summed E-state index contributed by atoms with van der Waals surface area (Å²) in [6, 6.07) is 14.7. The van der Waals surface area contributed by atoms with Crippen LogP contribution in [0.15, 0.2) is 121 Å². The first-order chi connectivity index (χ1) is 49.6. The number of carboxylic acid groups (broad SMARTS) is 6. The van der Waals surface area contributed by atoms with Crippen LogP contribution in [0.5, 0.6) is 0 Å². The van der Waals surface area contributed by atoms with Gasteiger partial charge in [-0.25, -0.2) is 4.79 Å². The number of hydrogen-bond acceptors (Lipinski definition) is 17. The SMILES string of the molecule is O=C(O)CC[C@H](NC(=O)[C@@H]1CCCN1)C(=O)N[C@@H](Cc1ccccc1)C(=O)N[C@@H](CCC(=O)O)C(=O)N[C@@H](Cc1ccccc1)C(=O)N[C@@H](CCC(=O)O)C(=O)N[C@@H](Cc1ccccc1)C(=O)N[C@@H](CCC(=O)O)C(=O)N[C@@H](Cc1ccccc1)C(=O)N[C@@H](CCC(=O)O)C(=O)N1CCC[C@H]1C(=O)O. The maximum absolute atomic E-state index is 14.8. The molecule has 0 aromatic heterocycles. The van der Waals surface area contributed by atoms with Crippen molar-refractivity contribution in [1.29, 1.82) is 0 Å². The maximum atomic E-state index is 14.8. The van der Waals surface area contributed by atoms with E-state index in [1.807, 2.05) is 0 Å². The van der Waals surface area contributed by atoms with Crippen molar-refractivity contribution in [2.75, 3.05) is 13.1 Å². The molecule has 4 aromatic carbocycles. The summed E-state index contributed by atoms with van der Waals surface area (Å²) in [5.74, 6) is -18.8. The Morgan fingerprint density at radius 1 is 0.337 bits per heavy atom. The maximum Gasteiger partial charge on any atom is 0.326 e. The van der Waals surface area contributed by atoms with E-state index < -0.39 is 226 Å². The molecule has 0 unspecified atom stereocenters. The first kappa shape index (κ1) is 81.3. The van der Waals surface area contributed by atoms with E-state index in [9.17, 15) is 107 Å². The number of rotatable bonds is 43. The first-order valence-electron chi connectivity index (χ1n) is 33.9. The van der Waals surface area contributed by atoms with Gasteiger partial charge in [0.05, 0.1) is 6.04 Å². The molecule has 2 fully saturated rings. The van der Waals surface area contributed by atoms with Gasteiger partial charge in [0.1, 0.15) is 60.4 Å². The summed E-state index contributed by atoms with van der Waals surface area (Å²) in [7, 11) is 0. The fraction of sp³-hybridized carbons (Fsp3) is 0.437. The van der Waals surface area contributed by atoms with Gasteiger partial charge >= 0.3 is 35.8 Å². The van der Waals surface area contributed by atoms with E-state index in [0.29, 0.717) is 41.6 Å². The normalized spacial score (nSPS) is 16.4. The molecule has 2 aliphatic rings. The van der Waals surface area contributed by atoms with Gasteiger partial charge in [-0.05, 0) is 86.6 Å². The number of likely N-dealkylation sites (tertiary alicyclic amines) is 1. The molecule has 0 aliphatic carbocycles. The summed E-state index contributed by atoms with van der Waals surface area (Å²) in [4.78, 5) is 217. The predicted octanol–water partition coefficient (Wildman–Crippen LogP) is -0.528. The van der Waals surface area contributed by atoms with Gasteiger partial charge in [0.15, 0.2) is 0 Å². The van der Waals surface area contributed by atoms with E-state index in [1.165, 1.54) is 0 Å². The zero-order valence-electron chi connectivity index (χ0n) is 56.7. The van der Waals surface area contributed by atoms with Crippen molar-refractivity contribution in [2.45, 2.75) is 182 Å². The van der Waals surface area contributed by atoms with Gasteiger partial charge in [0.25, 0.3) is 0 Å². The number of amides is 10. The van der Waals surface area contributed by atoms with Gasteiger partial charge in [-0.2, -0.15) is 0 Å². The quantitative estimate of drug-likeness (QED) is 0.0265. The Labute approximate surface area is 596 Å². The van der Waals surface area contributed by atoms with Crippen LogP contribution in [0.1, 0.15) is 112 Å². The fourth-order valence-corrected chi connectivity index (χ4v) is 11.8. The number of benzene rings is 4. The molecule has 4 aromatic rings. The summed E-state index contributed by atoms with van der Waals surface area (Å²) in [6.07, 6.45) is -6.32. The molecule has 2 heterocycles. The lowest BCUT2D eigenvalue weighted by molar-refractivity contribution is -0.150. The second-order valence-corrected chi connectivity index (χ2v) is 25.1. The van der Waals surface area contributed by atoms with Crippen molar-refractivity contribution in [1.82, 2.24) is 58.1 Å². The summed E-state index contributed by atoms with van der Waals surface area (Å²) < 4.78 is 0. The fourth-order valence-electron chi connectivity index (χ4n) is 11.8. The number of carboxylic acids is 6. The second kappa shape index (κ2) is 41.3. The molecule has 0 bridgehead atoms. The van der Waals surface area contributed by atoms with Crippen molar-refractivity contribution < 1.29 is 107 Å². The lowest BCUT2D eigenvalue weighted by atomic mass is 10.0. The van der Waals surface area contributed by atoms with E-state index in [-0.39, 0.29) is 45.1 Å². The molecule has 0 spiro atoms. The topological polar surface area (TPSA) is 518 Å². The molecule has 104 heavy (non-hydrogen) atoms. The standard InChI is InChI=1S/C71H87N11O22/c83-56(84)30-25-46(73-61(93)45-23-13-35-72-45)62(94)78-51(37-41-15-5-1-6-16-41)66(98)74-47(26-31-57(85)86)63(95)79-52(38-42-17-7-2-8-18-42)67(99)75-48(27-32-58(87)88)64(96)80-53(39-43-19-9-3-10-20-43)68(100)76-49(28-33-59(89)90)65(97)81-54(40-44-21-11-4-12-22-44)69(101)77-50(29-34-60(91)92)70(102)82-36-14-24-55(82)71(103)104/h1-12,15-22,45-55,72H,13-14,23-40H2,(H,73,93)(H,74,98)(H,75,99)(H,76,100)(H,77,101)(H,78,94)(H,79,95)(H,80,96)(H,81,97)(H,83,84)(H,85,86)(H,87,88)(H,89,90)(H,91,92)(H,103,104)/t45-,46-,47-,48-,49-,50-,51-,52-,53-,54-,55-/m0/s1. The average Bonchev–Trinajstić information content (AvgIpc) is 1.55. The van der Waals surface area contributed by atoms with Crippen molar-refractivity contribution in [2.24, 2.45) is 0 Å². The third-order valence-corrected chi connectivity index (χ3v) is 17.2. The molecule has 2 aliphatic heterocycles. The molecule has 558 valence electrons. The highest BCUT2D eigenvalue weighted by Crippen LogP contribution is 2.21. The Balaban J connectivity index is 1.28. The van der Waals surface area contributed by atoms with E-state index in [4.69, 9.17) is 0 Å². The molecule has 2 saturated heterocycles. The summed E-state index contributed by atoms with van der Waals surface area (Å²) in [5.41, 5.74) is 1.68. The minimum absolute atomic E-state index is 0.0247. The van der Waals surface area contributed by atoms with Crippen molar-refractivity contribution in [3.63, 3.8) is 0 Å². The third kappa shape index (κ3) is 27.4. The monoisotopic (exact) mass is 1450 g/mol. The van der Waals surface area contributed by atoms with Gasteiger partial charge in [-0.3, -0.25) is 71.9 Å². The van der Waals surface area contributed by atoms with Gasteiger partial charge < -0.3 is 88.7 Å². The lowest BCUT2D eigenvalue weighted by Gasteiger charge is -2.29. The number of nitrogens with one attached hydrogen (secondary N) is 10. The molecule has 0 radical (unpaired) electrons. The average molecular weight is 1450 g/mol. The van der Waals surface area contributed by atoms with Crippen LogP contribution >= 0.6 is 0 Å². The lowest BCUT2D eigenvalue weighted by Crippen LogP contribution is -2.61. The Hall–Kier alpha value is -11.6. The molecule has 10 amide bonds. The summed E-state index contributed by atoms with van der Waals surface area (Å²) >= 11 is 0. The van der Waals surface area contributed by atoms with Crippen molar-refractivity contribution in [3.05, 3.63) is 144 Å². The van der Waals surface area contributed by atoms with Crippen LogP contribution in [0.4, 0.5) is 0 Å². The van der Waals surface area contributed by atoms with Crippen LogP contribution in [0.25, 0.3) is 0 Å². The van der Waals surface area contributed by atoms with Crippen LogP contribution in [0.2, 0.25) is 0 Å². The molecule has 33 nitrogen and oxygen atoms in total. The summed E-state index contributed by atoms with van der Waals surface area (Å²) in [6.45, 7) is 0.488. The number of carbonyl (C=O) groups is 16. The third-order valence-electron chi connectivity index (χ3n) is 17.2. The molecule has 0 saturated carbocycles. The zero-order valence-corrected chi connectivity index (χ0v) is 56.7. The van der Waals surface area contributed by atoms with E-state index >= 15 is 0 Å². The Morgan fingerprint density at radius 2 is 0.596 bits per heavy atom. The van der Waals surface area contributed by atoms with E-state index in [2.05, 4.69) is 53.2 Å². The highest BCUT2D eigenvalue weighted by Gasteiger charge is 2.41. The minimum atomic E-state index is -1.88. The molecular weight excluding hydrogens is 1360 g/mol. The van der Waals surface area contributed by atoms with Crippen LogP contribution in [-0.2, 0) is 102 Å². The van der Waals surface area contributed by atoms with Crippen LogP contribution in [0.3, 0.4) is 0 Å². The molecule has 16 N–H and O–H groups in total. The van der Waals surface area contributed by atoms with Gasteiger partial charge in [-0.15, -0.1) is 0 Å². The van der Waals surface area contributed by atoms with Crippen molar-refractivity contribution >= 4 is 94.9 Å². The Morgan fingerprint density at radius 3 is 0.865 bits per heavy atom. The highest BCUT2D eigenvalue weighted by atomic mass is 16.4. The van der Waals surface area contributed by atoms with Gasteiger partial charge in [-0.1, -0.05) is 121 Å². The van der Waals surface area contributed by atoms with Crippen LogP contribution < -0.4 is 53.2 Å². The Kier molecular flexibility index (Phi) is 32.3. The van der Waals surface area contributed by atoms with Gasteiger partial charge in [0, 0.05) is 64.3 Å². The minimum Gasteiger partial charge on any atom is -0.481 e. The largest absolute Gasteiger partial charge is 0.481 e. The van der Waals surface area contributed by atoms with Crippen LogP contribution in [-0.4, -0.2) is 210 Å². The molecular formula is C71H87N11O22. The molecule has 33 heteroatoms. The van der Waals surface area contributed by atoms with E-state index in [1.54, 1.807) is 121 Å². The zero-order chi connectivity index (χ0) is 75.8. The van der Waals surface area contributed by atoms with E-state index in [0.717, 1.165) is 4.90 Å². The smallest absolute Gasteiger partial charge is 0.326 e. The highest BCUT2D eigenvalue weighted by molar-refractivity contribution is 6.00. The number of aliphatic carboxylic acids is 6. The van der Waals surface area contributed by atoms with Crippen molar-refractivity contribution in [3.8, 4) is 0 Å². The number of hydrogen-bond donors (Lipinski definition) is 16. The Bertz CT molecular complexity index is 3680. The van der Waals surface area contributed by atoms with Gasteiger partial charge in [0.2, 0.25) is 59.1 Å². The summed E-state index contributed by atoms with van der Waals surface area (Å²) in [5, 5.41) is 84.1. The predicted molar refractivity (Wildman–Crippen MR) is 366 cm³/mol. The number of nitrogens with zero attached hydrogens (tertiary/aromatic N) is 1. The number of carbonyl (C=O) groups excluding carboxylic acids is 10. The van der Waals surface area contributed by atoms with Crippen LogP contribution in [0, 0.1) is 0 Å². The molecule has 6 rings (SSSR count). The first-order valence-corrected chi connectivity index (χ1v) is 33.9.